The van der Waals surface area contributed by atoms with E-state index in [4.69, 9.17) is 10.5 Å². The summed E-state index contributed by atoms with van der Waals surface area (Å²) >= 11 is 0. The molecule has 1 heterocycles. The number of carbonyl (C=O) groups excluding carboxylic acids is 1. The van der Waals surface area contributed by atoms with E-state index in [1.54, 1.807) is 6.92 Å². The van der Waals surface area contributed by atoms with Crippen molar-refractivity contribution in [1.29, 1.82) is 0 Å². The molecule has 94 valence electrons. The molecule has 1 aliphatic heterocycles. The van der Waals surface area contributed by atoms with Gasteiger partial charge in [0, 0.05) is 18.6 Å². The van der Waals surface area contributed by atoms with Gasteiger partial charge in [-0.2, -0.15) is 0 Å². The summed E-state index contributed by atoms with van der Waals surface area (Å²) in [6, 6.07) is -0.127. The van der Waals surface area contributed by atoms with E-state index in [9.17, 15) is 4.79 Å². The third-order valence-electron chi connectivity index (χ3n) is 3.52. The largest absolute Gasteiger partial charge is 0.378 e. The van der Waals surface area contributed by atoms with E-state index in [-0.39, 0.29) is 24.4 Å². The number of nitrogens with one attached hydrogen (secondary N) is 1. The molecule has 0 bridgehead atoms. The standard InChI is InChI=1S/C11H20N2O2.ClH/c1-7(12)11(14)13-9-3-2-4-10-8(9)5-6-15-10;/h7-10H,2-6,12H2,1H3,(H,13,14);1H/t7-,8?,9?,10?;/m0./s1. The Morgan fingerprint density at radius 3 is 2.88 bits per heavy atom. The van der Waals surface area contributed by atoms with Crippen molar-refractivity contribution in [2.75, 3.05) is 6.61 Å². The van der Waals surface area contributed by atoms with E-state index < -0.39 is 6.04 Å². The number of hydrogen-bond donors (Lipinski definition) is 2. The number of ether oxygens (including phenoxy) is 1. The third-order valence-corrected chi connectivity index (χ3v) is 3.52. The van der Waals surface area contributed by atoms with Crippen LogP contribution in [0.1, 0.15) is 32.6 Å². The monoisotopic (exact) mass is 248 g/mol. The highest BCUT2D eigenvalue weighted by Gasteiger charge is 2.38. The van der Waals surface area contributed by atoms with Gasteiger partial charge in [0.25, 0.3) is 0 Å². The Labute approximate surface area is 103 Å². The van der Waals surface area contributed by atoms with Crippen molar-refractivity contribution in [2.24, 2.45) is 11.7 Å². The first-order valence-corrected chi connectivity index (χ1v) is 5.86. The van der Waals surface area contributed by atoms with Crippen LogP contribution in [0.5, 0.6) is 0 Å². The fourth-order valence-electron chi connectivity index (χ4n) is 2.67. The lowest BCUT2D eigenvalue weighted by Crippen LogP contribution is -2.50. The predicted octanol–water partition coefficient (Wildman–Crippen LogP) is 0.829. The van der Waals surface area contributed by atoms with Crippen molar-refractivity contribution >= 4 is 18.3 Å². The maximum Gasteiger partial charge on any atom is 0.236 e. The first-order chi connectivity index (χ1) is 7.18. The molecule has 3 N–H and O–H groups in total. The first-order valence-electron chi connectivity index (χ1n) is 5.86. The quantitative estimate of drug-likeness (QED) is 0.761. The van der Waals surface area contributed by atoms with E-state index >= 15 is 0 Å². The summed E-state index contributed by atoms with van der Waals surface area (Å²) in [5.74, 6) is 0.481. The summed E-state index contributed by atoms with van der Waals surface area (Å²) in [5.41, 5.74) is 5.55. The molecule has 1 saturated carbocycles. The summed E-state index contributed by atoms with van der Waals surface area (Å²) in [4.78, 5) is 11.5. The summed E-state index contributed by atoms with van der Waals surface area (Å²) in [5, 5.41) is 3.05. The lowest BCUT2D eigenvalue weighted by Gasteiger charge is -2.33. The van der Waals surface area contributed by atoms with Gasteiger partial charge in [-0.25, -0.2) is 0 Å². The van der Waals surface area contributed by atoms with Gasteiger partial charge in [0.15, 0.2) is 0 Å². The molecule has 1 saturated heterocycles. The van der Waals surface area contributed by atoms with Crippen LogP contribution in [0, 0.1) is 5.92 Å². The van der Waals surface area contributed by atoms with Crippen LogP contribution >= 0.6 is 12.4 Å². The second-order valence-corrected chi connectivity index (χ2v) is 4.70. The Hall–Kier alpha value is -0.320. The molecule has 5 heteroatoms. The molecule has 16 heavy (non-hydrogen) atoms. The fourth-order valence-corrected chi connectivity index (χ4v) is 2.67. The van der Waals surface area contributed by atoms with Gasteiger partial charge in [-0.3, -0.25) is 4.79 Å². The predicted molar refractivity (Wildman–Crippen MR) is 64.5 cm³/mol. The first kappa shape index (κ1) is 13.7. The Bertz CT molecular complexity index is 248. The minimum Gasteiger partial charge on any atom is -0.378 e. The molecule has 1 aliphatic carbocycles. The van der Waals surface area contributed by atoms with Crippen molar-refractivity contribution < 1.29 is 9.53 Å². The number of amides is 1. The van der Waals surface area contributed by atoms with Crippen LogP contribution in [0.15, 0.2) is 0 Å². The molecule has 2 aliphatic rings. The van der Waals surface area contributed by atoms with Crippen LogP contribution < -0.4 is 11.1 Å². The van der Waals surface area contributed by atoms with Crippen molar-refractivity contribution in [3.05, 3.63) is 0 Å². The van der Waals surface area contributed by atoms with Crippen molar-refractivity contribution in [3.63, 3.8) is 0 Å². The molecule has 0 spiro atoms. The molecule has 2 rings (SSSR count). The third kappa shape index (κ3) is 2.87. The SMILES string of the molecule is C[C@H](N)C(=O)NC1CCCC2OCCC12.Cl. The maximum absolute atomic E-state index is 11.5. The number of hydrogen-bond acceptors (Lipinski definition) is 3. The Morgan fingerprint density at radius 1 is 1.44 bits per heavy atom. The molecule has 0 aromatic rings. The number of fused-ring (bicyclic) bond motifs is 1. The van der Waals surface area contributed by atoms with Gasteiger partial charge in [0.1, 0.15) is 0 Å². The summed E-state index contributed by atoms with van der Waals surface area (Å²) in [6.45, 7) is 2.57. The zero-order valence-electron chi connectivity index (χ0n) is 9.65. The molecule has 4 atom stereocenters. The van der Waals surface area contributed by atoms with Gasteiger partial charge in [-0.05, 0) is 32.6 Å². The molecular formula is C11H21ClN2O2. The normalized spacial score (nSPS) is 34.8. The van der Waals surface area contributed by atoms with Crippen LogP contribution in [0.25, 0.3) is 0 Å². The van der Waals surface area contributed by atoms with Gasteiger partial charge in [-0.15, -0.1) is 12.4 Å². The lowest BCUT2D eigenvalue weighted by atomic mass is 9.81. The second-order valence-electron chi connectivity index (χ2n) is 4.70. The number of carbonyl (C=O) groups is 1. The van der Waals surface area contributed by atoms with Crippen molar-refractivity contribution in [2.45, 2.75) is 50.8 Å². The smallest absolute Gasteiger partial charge is 0.236 e. The highest BCUT2D eigenvalue weighted by molar-refractivity contribution is 5.85. The van der Waals surface area contributed by atoms with Crippen LogP contribution in [0.3, 0.4) is 0 Å². The van der Waals surface area contributed by atoms with Crippen LogP contribution in [0.4, 0.5) is 0 Å². The van der Waals surface area contributed by atoms with Crippen LogP contribution in [-0.2, 0) is 9.53 Å². The lowest BCUT2D eigenvalue weighted by molar-refractivity contribution is -0.123. The Kier molecular flexibility index (Phi) is 5.02. The molecule has 4 nitrogen and oxygen atoms in total. The highest BCUT2D eigenvalue weighted by Crippen LogP contribution is 2.34. The topological polar surface area (TPSA) is 64.4 Å². The summed E-state index contributed by atoms with van der Waals surface area (Å²) < 4.78 is 5.65. The minimum absolute atomic E-state index is 0. The second kappa shape index (κ2) is 5.84. The molecule has 0 aromatic heterocycles. The van der Waals surface area contributed by atoms with E-state index in [1.807, 2.05) is 0 Å². The van der Waals surface area contributed by atoms with Gasteiger partial charge in [0.05, 0.1) is 12.1 Å². The van der Waals surface area contributed by atoms with E-state index in [0.29, 0.717) is 12.0 Å². The number of rotatable bonds is 2. The van der Waals surface area contributed by atoms with Gasteiger partial charge >= 0.3 is 0 Å². The highest BCUT2D eigenvalue weighted by atomic mass is 35.5. The fraction of sp³-hybridized carbons (Fsp3) is 0.909. The van der Waals surface area contributed by atoms with Gasteiger partial charge in [0.2, 0.25) is 5.91 Å². The average Bonchev–Trinajstić information content (AvgIpc) is 2.66. The molecule has 1 amide bonds. The van der Waals surface area contributed by atoms with E-state index in [1.165, 1.54) is 0 Å². The Balaban J connectivity index is 0.00000128. The molecule has 2 fully saturated rings. The minimum atomic E-state index is -0.410. The molecule has 0 radical (unpaired) electrons. The summed E-state index contributed by atoms with van der Waals surface area (Å²) in [7, 11) is 0. The van der Waals surface area contributed by atoms with Crippen LogP contribution in [0.2, 0.25) is 0 Å². The number of halogens is 1. The summed E-state index contributed by atoms with van der Waals surface area (Å²) in [6.07, 6.45) is 4.81. The molecule has 0 aromatic carbocycles. The molecule has 3 unspecified atom stereocenters. The van der Waals surface area contributed by atoms with E-state index in [2.05, 4.69) is 5.32 Å². The molecular weight excluding hydrogens is 228 g/mol. The van der Waals surface area contributed by atoms with Gasteiger partial charge in [-0.1, -0.05) is 0 Å². The van der Waals surface area contributed by atoms with E-state index in [0.717, 1.165) is 32.3 Å². The van der Waals surface area contributed by atoms with Crippen molar-refractivity contribution in [3.8, 4) is 0 Å². The van der Waals surface area contributed by atoms with Gasteiger partial charge < -0.3 is 15.8 Å². The average molecular weight is 249 g/mol. The zero-order valence-corrected chi connectivity index (χ0v) is 10.5. The zero-order chi connectivity index (χ0) is 10.8. The van der Waals surface area contributed by atoms with Crippen molar-refractivity contribution in [1.82, 2.24) is 5.32 Å². The maximum atomic E-state index is 11.5. The number of nitrogens with two attached hydrogens (primary N) is 1. The Morgan fingerprint density at radius 2 is 2.19 bits per heavy atom. The van der Waals surface area contributed by atoms with Crippen LogP contribution in [-0.4, -0.2) is 30.7 Å².